The van der Waals surface area contributed by atoms with E-state index < -0.39 is 18.0 Å². The number of halogens is 3. The third-order valence-electron chi connectivity index (χ3n) is 6.92. The van der Waals surface area contributed by atoms with E-state index >= 15 is 0 Å². The molecule has 1 aliphatic carbocycles. The van der Waals surface area contributed by atoms with Gasteiger partial charge in [-0.3, -0.25) is 14.3 Å². The Kier molecular flexibility index (Phi) is 7.37. The molecule has 12 heteroatoms. The number of rotatable bonds is 7. The van der Waals surface area contributed by atoms with Gasteiger partial charge in [-0.1, -0.05) is 23.7 Å². The number of aromatic nitrogens is 5. The minimum Gasteiger partial charge on any atom is -0.372 e. The summed E-state index contributed by atoms with van der Waals surface area (Å²) >= 11 is 5.89. The van der Waals surface area contributed by atoms with E-state index in [0.29, 0.717) is 31.0 Å². The van der Waals surface area contributed by atoms with E-state index in [4.69, 9.17) is 11.6 Å². The van der Waals surface area contributed by atoms with Crippen LogP contribution in [0.5, 0.6) is 0 Å². The summed E-state index contributed by atoms with van der Waals surface area (Å²) in [5.41, 5.74) is 0.568. The number of nitrogens with one attached hydrogen (secondary N) is 2. The molecule has 0 radical (unpaired) electrons. The molecule has 1 saturated carbocycles. The fourth-order valence-electron chi connectivity index (χ4n) is 4.99. The minimum atomic E-state index is -2.88. The maximum atomic E-state index is 13.5. The van der Waals surface area contributed by atoms with Gasteiger partial charge in [0.1, 0.15) is 11.5 Å². The highest BCUT2D eigenvalue weighted by Gasteiger charge is 2.27. The van der Waals surface area contributed by atoms with E-state index in [1.807, 2.05) is 24.3 Å². The van der Waals surface area contributed by atoms with Gasteiger partial charge in [-0.25, -0.2) is 28.1 Å². The first-order chi connectivity index (χ1) is 18.4. The maximum Gasteiger partial charge on any atom is 0.334 e. The average molecular weight is 542 g/mol. The van der Waals surface area contributed by atoms with Gasteiger partial charge in [0.25, 0.3) is 12.3 Å². The Bertz CT molecular complexity index is 1510. The van der Waals surface area contributed by atoms with Gasteiger partial charge >= 0.3 is 5.69 Å². The summed E-state index contributed by atoms with van der Waals surface area (Å²) in [6.07, 6.45) is 4.23. The molecule has 1 aliphatic rings. The van der Waals surface area contributed by atoms with Gasteiger partial charge < -0.3 is 10.6 Å². The van der Waals surface area contributed by atoms with Gasteiger partial charge in [0, 0.05) is 25.8 Å². The number of hydrogen-bond donors (Lipinski definition) is 2. The molecule has 0 aliphatic heterocycles. The van der Waals surface area contributed by atoms with Crippen LogP contribution < -0.4 is 16.3 Å². The van der Waals surface area contributed by atoms with Gasteiger partial charge in [0.2, 0.25) is 0 Å². The molecule has 3 heterocycles. The Morgan fingerprint density at radius 3 is 2.47 bits per heavy atom. The first kappa shape index (κ1) is 25.8. The Hall–Kier alpha value is -3.86. The van der Waals surface area contributed by atoms with E-state index in [1.165, 1.54) is 6.07 Å². The molecule has 0 bridgehead atoms. The molecule has 2 N–H and O–H groups in total. The topological polar surface area (TPSA) is 107 Å². The highest BCUT2D eigenvalue weighted by atomic mass is 35.5. The highest BCUT2D eigenvalue weighted by Crippen LogP contribution is 2.28. The zero-order valence-electron chi connectivity index (χ0n) is 20.6. The molecule has 1 fully saturated rings. The summed E-state index contributed by atoms with van der Waals surface area (Å²) in [4.78, 5) is 38.5. The molecule has 198 valence electrons. The first-order valence-corrected chi connectivity index (χ1v) is 12.7. The lowest BCUT2D eigenvalue weighted by atomic mass is 9.85. The molecule has 1 amide bonds. The summed E-state index contributed by atoms with van der Waals surface area (Å²) < 4.78 is 30.0. The van der Waals surface area contributed by atoms with Gasteiger partial charge in [0.15, 0.2) is 5.82 Å². The van der Waals surface area contributed by atoms with Crippen molar-refractivity contribution in [1.82, 2.24) is 29.4 Å². The second-order valence-corrected chi connectivity index (χ2v) is 9.74. The monoisotopic (exact) mass is 541 g/mol. The lowest BCUT2D eigenvalue weighted by molar-refractivity contribution is 0.0904. The van der Waals surface area contributed by atoms with E-state index in [2.05, 4.69) is 25.6 Å². The number of pyridine rings is 1. The minimum absolute atomic E-state index is 0.122. The molecular formula is C26H26ClF2N7O2. The van der Waals surface area contributed by atoms with Crippen LogP contribution in [0.15, 0.2) is 53.7 Å². The Morgan fingerprint density at radius 1 is 1.08 bits per heavy atom. The number of alkyl halides is 2. The van der Waals surface area contributed by atoms with Crippen molar-refractivity contribution in [3.05, 3.63) is 75.7 Å². The number of anilines is 1. The molecule has 1 aromatic carbocycles. The molecule has 0 saturated heterocycles. The SMILES string of the molecule is CNc1cnc(-n2c(=O)n(CC3CCC(NC(=O)c4cc(Cl)cnc4C(F)F)CC3)c3ccccc32)cn1. The molecule has 38 heavy (non-hydrogen) atoms. The molecule has 0 spiro atoms. The number of para-hydroxylation sites is 2. The number of imidazole rings is 1. The van der Waals surface area contributed by atoms with Crippen LogP contribution in [0, 0.1) is 5.92 Å². The normalized spacial score (nSPS) is 17.6. The molecule has 0 atom stereocenters. The van der Waals surface area contributed by atoms with Gasteiger partial charge in [-0.15, -0.1) is 0 Å². The lowest BCUT2D eigenvalue weighted by Crippen LogP contribution is -2.39. The van der Waals surface area contributed by atoms with E-state index in [0.717, 1.165) is 30.1 Å². The average Bonchev–Trinajstić information content (AvgIpc) is 3.20. The van der Waals surface area contributed by atoms with Crippen molar-refractivity contribution in [1.29, 1.82) is 0 Å². The smallest absolute Gasteiger partial charge is 0.334 e. The van der Waals surface area contributed by atoms with Crippen LogP contribution in [-0.4, -0.2) is 43.1 Å². The fourth-order valence-corrected chi connectivity index (χ4v) is 5.15. The Labute approximate surface area is 221 Å². The van der Waals surface area contributed by atoms with Crippen molar-refractivity contribution >= 4 is 34.4 Å². The van der Waals surface area contributed by atoms with Gasteiger partial charge in [-0.2, -0.15) is 0 Å². The Balaban J connectivity index is 1.30. The summed E-state index contributed by atoms with van der Waals surface area (Å²) in [5.74, 6) is 0.645. The van der Waals surface area contributed by atoms with Crippen molar-refractivity contribution in [2.24, 2.45) is 5.92 Å². The van der Waals surface area contributed by atoms with E-state index in [-0.39, 0.29) is 28.2 Å². The van der Waals surface area contributed by atoms with Gasteiger partial charge in [-0.05, 0) is 49.8 Å². The van der Waals surface area contributed by atoms with Crippen molar-refractivity contribution in [2.75, 3.05) is 12.4 Å². The summed E-state index contributed by atoms with van der Waals surface area (Å²) in [5, 5.41) is 5.89. The zero-order chi connectivity index (χ0) is 26.8. The molecule has 4 aromatic rings. The largest absolute Gasteiger partial charge is 0.372 e. The van der Waals surface area contributed by atoms with E-state index in [9.17, 15) is 18.4 Å². The first-order valence-electron chi connectivity index (χ1n) is 12.3. The zero-order valence-corrected chi connectivity index (χ0v) is 21.3. The van der Waals surface area contributed by atoms with Gasteiger partial charge in [0.05, 0.1) is 34.0 Å². The standard InChI is InChI=1S/C26H26ClF2N7O2/c1-30-21-12-32-22(13-31-21)36-20-5-3-2-4-19(20)35(26(36)38)14-15-6-8-17(9-7-15)34-25(37)18-10-16(27)11-33-23(18)24(28)29/h2-5,10-13,15,17,24H,6-9,14H2,1H3,(H,30,31)(H,34,37). The second kappa shape index (κ2) is 10.9. The number of amides is 1. The summed E-state index contributed by atoms with van der Waals surface area (Å²) in [7, 11) is 1.75. The summed E-state index contributed by atoms with van der Waals surface area (Å²) in [6.45, 7) is 0.517. The number of fused-ring (bicyclic) bond motifs is 1. The third kappa shape index (κ3) is 5.10. The van der Waals surface area contributed by atoms with Crippen LogP contribution in [0.1, 0.15) is 48.2 Å². The Morgan fingerprint density at radius 2 is 1.82 bits per heavy atom. The number of carbonyl (C=O) groups is 1. The predicted molar refractivity (Wildman–Crippen MR) is 140 cm³/mol. The fraction of sp³-hybridized carbons (Fsp3) is 0.346. The van der Waals surface area contributed by atoms with Crippen LogP contribution in [0.4, 0.5) is 14.6 Å². The van der Waals surface area contributed by atoms with Crippen molar-refractivity contribution in [3.63, 3.8) is 0 Å². The maximum absolute atomic E-state index is 13.5. The van der Waals surface area contributed by atoms with Crippen LogP contribution in [-0.2, 0) is 6.54 Å². The van der Waals surface area contributed by atoms with Crippen molar-refractivity contribution < 1.29 is 13.6 Å². The van der Waals surface area contributed by atoms with Crippen LogP contribution >= 0.6 is 11.6 Å². The number of nitrogens with zero attached hydrogens (tertiary/aromatic N) is 5. The van der Waals surface area contributed by atoms with Crippen LogP contribution in [0.3, 0.4) is 0 Å². The molecule has 5 rings (SSSR count). The third-order valence-corrected chi connectivity index (χ3v) is 7.12. The quantitative estimate of drug-likeness (QED) is 0.354. The summed E-state index contributed by atoms with van der Waals surface area (Å²) in [6, 6.07) is 8.61. The van der Waals surface area contributed by atoms with E-state index in [1.54, 1.807) is 28.6 Å². The van der Waals surface area contributed by atoms with Crippen molar-refractivity contribution in [3.8, 4) is 5.82 Å². The molecular weight excluding hydrogens is 516 g/mol. The highest BCUT2D eigenvalue weighted by molar-refractivity contribution is 6.30. The number of carbonyl (C=O) groups excluding carboxylic acids is 1. The second-order valence-electron chi connectivity index (χ2n) is 9.31. The number of hydrogen-bond acceptors (Lipinski definition) is 6. The van der Waals surface area contributed by atoms with Crippen molar-refractivity contribution in [2.45, 2.75) is 44.7 Å². The lowest BCUT2D eigenvalue weighted by Gasteiger charge is -2.29. The van der Waals surface area contributed by atoms with Crippen LogP contribution in [0.2, 0.25) is 5.02 Å². The molecule has 3 aromatic heterocycles. The van der Waals surface area contributed by atoms with Crippen LogP contribution in [0.25, 0.3) is 16.9 Å². The molecule has 9 nitrogen and oxygen atoms in total. The predicted octanol–water partition coefficient (Wildman–Crippen LogP) is 4.60. The number of benzene rings is 1. The molecule has 0 unspecified atom stereocenters.